The van der Waals surface area contributed by atoms with Gasteiger partial charge in [-0.2, -0.15) is 0 Å². The molecule has 3 nitrogen and oxygen atoms in total. The molecule has 0 aromatic rings. The first-order valence-electron chi connectivity index (χ1n) is 5.53. The highest BCUT2D eigenvalue weighted by atomic mass is 16.5. The van der Waals surface area contributed by atoms with Gasteiger partial charge in [-0.1, -0.05) is 13.3 Å². The maximum Gasteiger partial charge on any atom is 0.285 e. The van der Waals surface area contributed by atoms with Crippen molar-refractivity contribution in [1.29, 1.82) is 0 Å². The monoisotopic (exact) mass is 200 g/mol. The molecule has 3 heteroatoms. The van der Waals surface area contributed by atoms with Crippen molar-refractivity contribution in [3.05, 3.63) is 0 Å². The van der Waals surface area contributed by atoms with Crippen molar-refractivity contribution in [1.82, 2.24) is 5.32 Å². The number of hydrogen-bond acceptors (Lipinski definition) is 2. The molecule has 0 aromatic heterocycles. The molecular formula is C11H24N2O. The van der Waals surface area contributed by atoms with E-state index in [1.165, 1.54) is 0 Å². The Kier molecular flexibility index (Phi) is 7.25. The van der Waals surface area contributed by atoms with Gasteiger partial charge in [-0.15, -0.1) is 0 Å². The molecule has 0 amide bonds. The van der Waals surface area contributed by atoms with Gasteiger partial charge in [0, 0.05) is 12.1 Å². The van der Waals surface area contributed by atoms with Crippen LogP contribution in [0.1, 0.15) is 47.5 Å². The maximum absolute atomic E-state index is 5.54. The summed E-state index contributed by atoms with van der Waals surface area (Å²) in [6.07, 6.45) is 2.23. The van der Waals surface area contributed by atoms with Crippen LogP contribution in [0.2, 0.25) is 0 Å². The number of amidine groups is 1. The van der Waals surface area contributed by atoms with E-state index in [-0.39, 0.29) is 6.04 Å². The van der Waals surface area contributed by atoms with Crippen LogP contribution in [0.4, 0.5) is 0 Å². The van der Waals surface area contributed by atoms with Crippen LogP contribution < -0.4 is 5.32 Å². The molecule has 0 aliphatic rings. The molecule has 0 bridgehead atoms. The molecule has 0 saturated carbocycles. The predicted octanol–water partition coefficient (Wildman–Crippen LogP) is 2.57. The summed E-state index contributed by atoms with van der Waals surface area (Å²) in [6.45, 7) is 11.2. The quantitative estimate of drug-likeness (QED) is 0.420. The van der Waals surface area contributed by atoms with E-state index >= 15 is 0 Å². The number of ether oxygens (including phenoxy) is 1. The van der Waals surface area contributed by atoms with E-state index in [1.807, 2.05) is 13.8 Å². The van der Waals surface area contributed by atoms with E-state index in [4.69, 9.17) is 4.74 Å². The molecule has 0 aliphatic carbocycles. The Bertz CT molecular complexity index is 165. The summed E-state index contributed by atoms with van der Waals surface area (Å²) in [5.41, 5.74) is 0. The van der Waals surface area contributed by atoms with Crippen molar-refractivity contribution in [2.45, 2.75) is 59.5 Å². The van der Waals surface area contributed by atoms with Gasteiger partial charge in [0.2, 0.25) is 0 Å². The van der Waals surface area contributed by atoms with Gasteiger partial charge in [0.25, 0.3) is 6.02 Å². The largest absolute Gasteiger partial charge is 0.465 e. The molecule has 0 aromatic carbocycles. The minimum absolute atomic E-state index is 0.276. The van der Waals surface area contributed by atoms with Crippen LogP contribution >= 0.6 is 0 Å². The number of rotatable bonds is 5. The molecule has 0 aliphatic heterocycles. The average molecular weight is 200 g/mol. The Balaban J connectivity index is 3.98. The third-order valence-electron chi connectivity index (χ3n) is 1.52. The Morgan fingerprint density at radius 1 is 1.29 bits per heavy atom. The SMILES string of the molecule is CCCCOC(=NC(C)C)NC(C)C. The molecular weight excluding hydrogens is 176 g/mol. The van der Waals surface area contributed by atoms with Crippen molar-refractivity contribution >= 4 is 6.02 Å². The van der Waals surface area contributed by atoms with Crippen LogP contribution in [0, 0.1) is 0 Å². The van der Waals surface area contributed by atoms with E-state index in [2.05, 4.69) is 31.1 Å². The fraction of sp³-hybridized carbons (Fsp3) is 0.909. The molecule has 0 spiro atoms. The van der Waals surface area contributed by atoms with E-state index in [0.29, 0.717) is 12.1 Å². The molecule has 0 rings (SSSR count). The summed E-state index contributed by atoms with van der Waals surface area (Å²) in [7, 11) is 0. The summed E-state index contributed by atoms with van der Waals surface area (Å²) < 4.78 is 5.54. The maximum atomic E-state index is 5.54. The fourth-order valence-corrected chi connectivity index (χ4v) is 0.911. The van der Waals surface area contributed by atoms with Crippen molar-refractivity contribution < 1.29 is 4.74 Å². The topological polar surface area (TPSA) is 33.6 Å². The van der Waals surface area contributed by atoms with Crippen molar-refractivity contribution in [3.8, 4) is 0 Å². The van der Waals surface area contributed by atoms with Gasteiger partial charge in [0.1, 0.15) is 0 Å². The zero-order valence-electron chi connectivity index (χ0n) is 10.1. The Hall–Kier alpha value is -0.730. The minimum Gasteiger partial charge on any atom is -0.465 e. The van der Waals surface area contributed by atoms with Crippen LogP contribution in [0.15, 0.2) is 4.99 Å². The minimum atomic E-state index is 0.276. The van der Waals surface area contributed by atoms with Crippen LogP contribution in [-0.2, 0) is 4.74 Å². The second-order valence-corrected chi connectivity index (χ2v) is 4.03. The van der Waals surface area contributed by atoms with Gasteiger partial charge in [0.15, 0.2) is 0 Å². The molecule has 14 heavy (non-hydrogen) atoms. The lowest BCUT2D eigenvalue weighted by atomic mass is 10.4. The van der Waals surface area contributed by atoms with Crippen LogP contribution in [0.5, 0.6) is 0 Å². The zero-order chi connectivity index (χ0) is 11.0. The standard InChI is InChI=1S/C11H24N2O/c1-6-7-8-14-11(12-9(2)3)13-10(4)5/h9-10H,6-8H2,1-5H3,(H,12,13). The summed E-state index contributed by atoms with van der Waals surface area (Å²) in [6, 6.07) is 1.33. The molecule has 0 radical (unpaired) electrons. The molecule has 0 fully saturated rings. The zero-order valence-corrected chi connectivity index (χ0v) is 10.1. The third kappa shape index (κ3) is 7.90. The Morgan fingerprint density at radius 2 is 1.93 bits per heavy atom. The Morgan fingerprint density at radius 3 is 2.36 bits per heavy atom. The van der Waals surface area contributed by atoms with E-state index in [9.17, 15) is 0 Å². The third-order valence-corrected chi connectivity index (χ3v) is 1.52. The lowest BCUT2D eigenvalue weighted by Crippen LogP contribution is -2.33. The van der Waals surface area contributed by atoms with E-state index in [0.717, 1.165) is 19.4 Å². The fourth-order valence-electron chi connectivity index (χ4n) is 0.911. The van der Waals surface area contributed by atoms with Gasteiger partial charge in [0.05, 0.1) is 6.61 Å². The molecule has 0 atom stereocenters. The highest BCUT2D eigenvalue weighted by Crippen LogP contribution is 1.94. The number of hydrogen-bond donors (Lipinski definition) is 1. The lowest BCUT2D eigenvalue weighted by Gasteiger charge is -2.14. The number of unbranched alkanes of at least 4 members (excludes halogenated alkanes) is 1. The highest BCUT2D eigenvalue weighted by Gasteiger charge is 2.02. The summed E-state index contributed by atoms with van der Waals surface area (Å²) in [4.78, 5) is 4.37. The van der Waals surface area contributed by atoms with Gasteiger partial charge in [-0.25, -0.2) is 4.99 Å². The lowest BCUT2D eigenvalue weighted by molar-refractivity contribution is 0.276. The van der Waals surface area contributed by atoms with Crippen molar-refractivity contribution in [3.63, 3.8) is 0 Å². The smallest absolute Gasteiger partial charge is 0.285 e. The first-order valence-corrected chi connectivity index (χ1v) is 5.53. The van der Waals surface area contributed by atoms with Gasteiger partial charge < -0.3 is 10.1 Å². The second-order valence-electron chi connectivity index (χ2n) is 4.03. The summed E-state index contributed by atoms with van der Waals surface area (Å²) in [5, 5.41) is 3.20. The van der Waals surface area contributed by atoms with E-state index < -0.39 is 0 Å². The molecule has 1 N–H and O–H groups in total. The first-order chi connectivity index (χ1) is 6.56. The van der Waals surface area contributed by atoms with Gasteiger partial charge in [-0.05, 0) is 34.1 Å². The van der Waals surface area contributed by atoms with Crippen LogP contribution in [0.3, 0.4) is 0 Å². The van der Waals surface area contributed by atoms with Gasteiger partial charge in [-0.3, -0.25) is 0 Å². The van der Waals surface area contributed by atoms with Crippen LogP contribution in [-0.4, -0.2) is 24.7 Å². The molecule has 0 heterocycles. The van der Waals surface area contributed by atoms with Crippen molar-refractivity contribution in [2.24, 2.45) is 4.99 Å². The normalized spacial score (nSPS) is 12.4. The average Bonchev–Trinajstić information content (AvgIpc) is 2.02. The van der Waals surface area contributed by atoms with Crippen molar-refractivity contribution in [2.75, 3.05) is 6.61 Å². The molecule has 84 valence electrons. The number of nitrogens with zero attached hydrogens (tertiary/aromatic N) is 1. The Labute approximate surface area is 87.9 Å². The second kappa shape index (κ2) is 7.65. The predicted molar refractivity (Wildman–Crippen MR) is 61.7 cm³/mol. The number of nitrogens with one attached hydrogen (secondary N) is 1. The molecule has 0 saturated heterocycles. The summed E-state index contributed by atoms with van der Waals surface area (Å²) in [5.74, 6) is 0. The highest BCUT2D eigenvalue weighted by molar-refractivity contribution is 5.73. The van der Waals surface area contributed by atoms with Gasteiger partial charge >= 0.3 is 0 Å². The van der Waals surface area contributed by atoms with E-state index in [1.54, 1.807) is 0 Å². The molecule has 0 unspecified atom stereocenters. The first kappa shape index (κ1) is 13.3. The van der Waals surface area contributed by atoms with Crippen LogP contribution in [0.25, 0.3) is 0 Å². The summed E-state index contributed by atoms with van der Waals surface area (Å²) >= 11 is 0. The number of aliphatic imine (C=N–C) groups is 1.